The normalized spacial score (nSPS) is 17.0. The van der Waals surface area contributed by atoms with E-state index in [1.807, 2.05) is 24.3 Å². The van der Waals surface area contributed by atoms with Crippen LogP contribution in [0.3, 0.4) is 0 Å². The molecule has 3 aliphatic carbocycles. The molecule has 3 aliphatic rings. The van der Waals surface area contributed by atoms with Crippen LogP contribution in [0, 0.1) is 6.07 Å². The second-order valence-corrected chi connectivity index (χ2v) is 19.2. The maximum atomic E-state index is 14.4. The number of rotatable bonds is 9. The number of aliphatic hydroxyl groups excluding tert-OH is 1. The number of aliphatic hydroxyl groups is 1. The smallest absolute Gasteiger partial charge is 0.419 e. The number of alkyl halides is 5. The number of thiophene rings is 1. The van der Waals surface area contributed by atoms with E-state index < -0.39 is 34.6 Å². The van der Waals surface area contributed by atoms with Crippen molar-refractivity contribution in [3.63, 3.8) is 0 Å². The number of allylic oxidation sites excluding steroid dienone is 9. The van der Waals surface area contributed by atoms with Crippen LogP contribution in [-0.2, 0) is 41.9 Å². The molecule has 1 atom stereocenters. The van der Waals surface area contributed by atoms with Crippen molar-refractivity contribution in [3.8, 4) is 11.3 Å². The molecule has 0 amide bonds. The minimum atomic E-state index is -4.53. The zero-order chi connectivity index (χ0) is 45.2. The molecule has 0 fully saturated rings. The van der Waals surface area contributed by atoms with E-state index in [1.165, 1.54) is 39.2 Å². The Morgan fingerprint density at radius 2 is 1.51 bits per heavy atom. The molecule has 1 radical (unpaired) electrons. The van der Waals surface area contributed by atoms with E-state index in [0.29, 0.717) is 22.7 Å². The number of carbonyl (C=O) groups is 1. The van der Waals surface area contributed by atoms with Gasteiger partial charge in [-0.05, 0) is 88.1 Å². The summed E-state index contributed by atoms with van der Waals surface area (Å²) in [5.74, 6) is -1.39. The number of nitrogens with zero attached hydrogens (tertiary/aromatic N) is 1. The first-order valence-electron chi connectivity index (χ1n) is 21.4. The third kappa shape index (κ3) is 8.85. The average Bonchev–Trinajstić information content (AvgIpc) is 3.69. The summed E-state index contributed by atoms with van der Waals surface area (Å²) in [6, 6.07) is 22.0. The van der Waals surface area contributed by atoms with Crippen molar-refractivity contribution in [2.24, 2.45) is 0 Å². The quantitative estimate of drug-likeness (QED) is 0.0693. The van der Waals surface area contributed by atoms with Gasteiger partial charge in [-0.15, -0.1) is 40.5 Å². The average molecular weight is 1060 g/mol. The van der Waals surface area contributed by atoms with E-state index in [2.05, 4.69) is 106 Å². The Balaban J connectivity index is 0.000000314. The first-order valence-corrected chi connectivity index (χ1v) is 22.2. The minimum Gasteiger partial charge on any atom is -0.509 e. The summed E-state index contributed by atoms with van der Waals surface area (Å²) >= 11 is 1.19. The predicted octanol–water partition coefficient (Wildman–Crippen LogP) is 15.6. The van der Waals surface area contributed by atoms with Crippen LogP contribution in [0.5, 0.6) is 0 Å². The molecule has 3 nitrogen and oxygen atoms in total. The number of halogens is 5. The fraction of sp³-hybridized carbons (Fsp3) is 0.358. The second kappa shape index (κ2) is 17.5. The van der Waals surface area contributed by atoms with Gasteiger partial charge >= 0.3 is 6.18 Å². The molecule has 0 saturated carbocycles. The number of pyridine rings is 1. The molecular formula is C53H53F5IrNO2S-. The SMILES string of the molecule is CC(C)(C)c1cc(-c2ncc(C(F)(F)F)c3sc(C4=CC5=CC(C)(C)c6cccc7c6C5C(=C4)C=C7)cc23)[c-]c2ccccc12.CCC(F)(CC)C(=O)/C=C(\O)C(F)(CC)CC.[Ir]. The Labute approximate surface area is 385 Å². The van der Waals surface area contributed by atoms with Crippen LogP contribution in [0.4, 0.5) is 22.0 Å². The van der Waals surface area contributed by atoms with Gasteiger partial charge in [0.05, 0.1) is 5.56 Å². The van der Waals surface area contributed by atoms with Crippen LogP contribution in [0.1, 0.15) is 127 Å². The van der Waals surface area contributed by atoms with Crippen molar-refractivity contribution in [1.82, 2.24) is 4.98 Å². The van der Waals surface area contributed by atoms with Crippen LogP contribution >= 0.6 is 11.3 Å². The molecular weight excluding hydrogens is 1000 g/mol. The number of carbonyl (C=O) groups excluding carboxylic acids is 1. The molecule has 0 aliphatic heterocycles. The summed E-state index contributed by atoms with van der Waals surface area (Å²) in [4.78, 5) is 16.9. The predicted molar refractivity (Wildman–Crippen MR) is 245 cm³/mol. The number of fused-ring (bicyclic) bond motifs is 2. The number of hydrogen-bond acceptors (Lipinski definition) is 4. The summed E-state index contributed by atoms with van der Waals surface area (Å²) in [6.07, 6.45) is 8.31. The van der Waals surface area contributed by atoms with Gasteiger partial charge in [-0.2, -0.15) is 13.2 Å². The maximum Gasteiger partial charge on any atom is 0.419 e. The molecule has 1 unspecified atom stereocenters. The Kier molecular flexibility index (Phi) is 13.3. The van der Waals surface area contributed by atoms with Crippen molar-refractivity contribution in [1.29, 1.82) is 0 Å². The van der Waals surface area contributed by atoms with Crippen molar-refractivity contribution < 1.29 is 52.0 Å². The molecule has 0 saturated heterocycles. The van der Waals surface area contributed by atoms with Crippen molar-refractivity contribution in [2.75, 3.05) is 0 Å². The summed E-state index contributed by atoms with van der Waals surface area (Å²) in [7, 11) is 0. The fourth-order valence-corrected chi connectivity index (χ4v) is 10.1. The topological polar surface area (TPSA) is 50.2 Å². The molecule has 8 rings (SSSR count). The Morgan fingerprint density at radius 1 is 0.841 bits per heavy atom. The van der Waals surface area contributed by atoms with Gasteiger partial charge < -0.3 is 5.11 Å². The molecule has 10 heteroatoms. The van der Waals surface area contributed by atoms with Crippen LogP contribution in [0.15, 0.2) is 108 Å². The fourth-order valence-electron chi connectivity index (χ4n) is 8.95. The third-order valence-electron chi connectivity index (χ3n) is 12.8. The van der Waals surface area contributed by atoms with Crippen molar-refractivity contribution >= 4 is 49.6 Å². The van der Waals surface area contributed by atoms with E-state index in [4.69, 9.17) is 0 Å². The van der Waals surface area contributed by atoms with Gasteiger partial charge in [-0.1, -0.05) is 128 Å². The van der Waals surface area contributed by atoms with E-state index >= 15 is 0 Å². The van der Waals surface area contributed by atoms with E-state index in [0.717, 1.165) is 33.0 Å². The van der Waals surface area contributed by atoms with Gasteiger partial charge in [-0.25, -0.2) is 8.78 Å². The van der Waals surface area contributed by atoms with Crippen molar-refractivity contribution in [3.05, 3.63) is 147 Å². The van der Waals surface area contributed by atoms with E-state index in [-0.39, 0.29) is 67.2 Å². The van der Waals surface area contributed by atoms with Crippen LogP contribution < -0.4 is 0 Å². The monoisotopic (exact) mass is 1060 g/mol. The molecule has 333 valence electrons. The minimum absolute atomic E-state index is 0. The maximum absolute atomic E-state index is 14.4. The van der Waals surface area contributed by atoms with Crippen LogP contribution in [0.25, 0.3) is 43.8 Å². The van der Waals surface area contributed by atoms with E-state index in [9.17, 15) is 31.9 Å². The van der Waals surface area contributed by atoms with Gasteiger partial charge in [0.2, 0.25) is 0 Å². The van der Waals surface area contributed by atoms with Crippen LogP contribution in [0.2, 0.25) is 0 Å². The van der Waals surface area contributed by atoms with Crippen molar-refractivity contribution in [2.45, 2.75) is 122 Å². The van der Waals surface area contributed by atoms with Gasteiger partial charge in [0.1, 0.15) is 5.76 Å². The number of aromatic nitrogens is 1. The molecule has 0 bridgehead atoms. The number of hydrogen-bond donors (Lipinski definition) is 1. The Morgan fingerprint density at radius 3 is 2.14 bits per heavy atom. The molecule has 5 aromatic rings. The molecule has 63 heavy (non-hydrogen) atoms. The zero-order valence-electron chi connectivity index (χ0n) is 37.1. The molecule has 1 N–H and O–H groups in total. The largest absolute Gasteiger partial charge is 0.509 e. The third-order valence-corrected chi connectivity index (χ3v) is 14.0. The number of benzene rings is 3. The molecule has 3 aromatic carbocycles. The summed E-state index contributed by atoms with van der Waals surface area (Å²) in [5, 5.41) is 12.1. The second-order valence-electron chi connectivity index (χ2n) is 18.2. The van der Waals surface area contributed by atoms with E-state index in [1.54, 1.807) is 27.7 Å². The first-order chi connectivity index (χ1) is 29.1. The van der Waals surface area contributed by atoms with Gasteiger partial charge in [0.15, 0.2) is 17.1 Å². The summed E-state index contributed by atoms with van der Waals surface area (Å²) in [5.41, 5.74) is 4.54. The van der Waals surface area contributed by atoms with Crippen LogP contribution in [-0.4, -0.2) is 27.2 Å². The number of ketones is 1. The summed E-state index contributed by atoms with van der Waals surface area (Å²) in [6.45, 7) is 17.1. The molecule has 2 aromatic heterocycles. The van der Waals surface area contributed by atoms with Gasteiger partial charge in [0.25, 0.3) is 0 Å². The zero-order valence-corrected chi connectivity index (χ0v) is 40.3. The Hall–Kier alpha value is -4.50. The Bertz CT molecular complexity index is 2750. The van der Waals surface area contributed by atoms with Gasteiger partial charge in [0, 0.05) is 59.0 Å². The standard InChI is InChI=1S/C40H31F3NS.C13H22F2O2.Ir/c1-38(2,3)31-18-26(15-23-9-6-7-11-28(23)31)36-29-19-33(45-37(29)32(21-44-36)40(41,42)43)25-16-24-14-13-22-10-8-12-30-35(22)34(24)27(17-25)20-39(30,4)5;1-5-12(14,6-2)10(16)9-11(17)13(15,7-3)8-4;/h6-14,16-21,34H,1-5H3;9,16H,5-8H2,1-4H3;/q-1;;/b;10-9-;. The molecule has 0 spiro atoms. The molecule has 2 heterocycles. The van der Waals surface area contributed by atoms with Gasteiger partial charge in [-0.3, -0.25) is 9.78 Å². The summed E-state index contributed by atoms with van der Waals surface area (Å²) < 4.78 is 71.4. The first kappa shape index (κ1) is 48.0.